The molecule has 0 amide bonds. The second kappa shape index (κ2) is 7.42. The van der Waals surface area contributed by atoms with E-state index in [1.807, 2.05) is 13.0 Å². The van der Waals surface area contributed by atoms with Crippen LogP contribution >= 0.6 is 31.9 Å². The Morgan fingerprint density at radius 3 is 2.67 bits per heavy atom. The van der Waals surface area contributed by atoms with Crippen LogP contribution in [0.15, 0.2) is 28.7 Å². The summed E-state index contributed by atoms with van der Waals surface area (Å²) in [4.78, 5) is 0. The fraction of sp³-hybridized carbons (Fsp3) is 0.500. The van der Waals surface area contributed by atoms with Crippen LogP contribution in [-0.4, -0.2) is 18.5 Å². The molecule has 0 radical (unpaired) electrons. The van der Waals surface area contributed by atoms with Crippen molar-refractivity contribution in [1.29, 1.82) is 0 Å². The predicted octanol–water partition coefficient (Wildman–Crippen LogP) is 4.35. The third-order valence-electron chi connectivity index (χ3n) is 2.35. The summed E-state index contributed by atoms with van der Waals surface area (Å²) in [5, 5.41) is 0.975. The summed E-state index contributed by atoms with van der Waals surface area (Å²) in [5.41, 5.74) is 1.36. The maximum atomic E-state index is 5.39. The van der Waals surface area contributed by atoms with Gasteiger partial charge in [0.15, 0.2) is 0 Å². The first kappa shape index (κ1) is 13.2. The van der Waals surface area contributed by atoms with Gasteiger partial charge in [0.1, 0.15) is 0 Å². The maximum absolute atomic E-state index is 5.39. The molecule has 1 unspecified atom stereocenters. The Bertz CT molecular complexity index is 289. The van der Waals surface area contributed by atoms with Crippen LogP contribution in [-0.2, 0) is 4.74 Å². The van der Waals surface area contributed by atoms with E-state index in [1.54, 1.807) is 0 Å². The van der Waals surface area contributed by atoms with Crippen LogP contribution in [0.1, 0.15) is 24.8 Å². The van der Waals surface area contributed by atoms with Gasteiger partial charge in [0, 0.05) is 23.0 Å². The molecule has 0 fully saturated rings. The van der Waals surface area contributed by atoms with Gasteiger partial charge >= 0.3 is 0 Å². The summed E-state index contributed by atoms with van der Waals surface area (Å²) in [6.07, 6.45) is 1.06. The summed E-state index contributed by atoms with van der Waals surface area (Å²) in [6, 6.07) is 8.38. The van der Waals surface area contributed by atoms with Gasteiger partial charge in [-0.05, 0) is 30.9 Å². The largest absolute Gasteiger partial charge is 0.382 e. The number of hydrogen-bond acceptors (Lipinski definition) is 1. The van der Waals surface area contributed by atoms with Crippen molar-refractivity contribution in [2.75, 3.05) is 18.5 Å². The Morgan fingerprint density at radius 2 is 2.07 bits per heavy atom. The van der Waals surface area contributed by atoms with Gasteiger partial charge < -0.3 is 4.74 Å². The highest BCUT2D eigenvalue weighted by atomic mass is 79.9. The Morgan fingerprint density at radius 1 is 1.33 bits per heavy atom. The predicted molar refractivity (Wildman–Crippen MR) is 71.8 cm³/mol. The molecule has 0 aliphatic carbocycles. The first-order chi connectivity index (χ1) is 7.29. The lowest BCUT2D eigenvalue weighted by Gasteiger charge is -2.15. The molecule has 0 saturated carbocycles. The van der Waals surface area contributed by atoms with Crippen molar-refractivity contribution in [2.45, 2.75) is 19.3 Å². The van der Waals surface area contributed by atoms with Crippen LogP contribution in [0, 0.1) is 0 Å². The molecule has 1 aromatic carbocycles. The Balaban J connectivity index is 2.61. The van der Waals surface area contributed by atoms with Crippen LogP contribution in [0.25, 0.3) is 0 Å². The van der Waals surface area contributed by atoms with Gasteiger partial charge in [-0.1, -0.05) is 50.1 Å². The van der Waals surface area contributed by atoms with E-state index in [0.717, 1.165) is 25.0 Å². The van der Waals surface area contributed by atoms with Gasteiger partial charge in [0.25, 0.3) is 0 Å². The molecule has 0 aliphatic rings. The van der Waals surface area contributed by atoms with E-state index < -0.39 is 0 Å². The number of rotatable bonds is 6. The average molecular weight is 336 g/mol. The molecule has 0 aliphatic heterocycles. The van der Waals surface area contributed by atoms with E-state index in [9.17, 15) is 0 Å². The average Bonchev–Trinajstić information content (AvgIpc) is 2.26. The molecule has 0 N–H and O–H groups in total. The Kier molecular flexibility index (Phi) is 6.53. The lowest BCUT2D eigenvalue weighted by Crippen LogP contribution is -2.06. The molecule has 84 valence electrons. The fourth-order valence-corrected chi connectivity index (χ4v) is 2.77. The molecule has 1 rings (SSSR count). The van der Waals surface area contributed by atoms with Crippen molar-refractivity contribution >= 4 is 31.9 Å². The van der Waals surface area contributed by atoms with Crippen LogP contribution < -0.4 is 0 Å². The van der Waals surface area contributed by atoms with E-state index in [1.165, 1.54) is 10.0 Å². The number of ether oxygens (including phenoxy) is 1. The topological polar surface area (TPSA) is 9.23 Å². The third kappa shape index (κ3) is 4.25. The van der Waals surface area contributed by atoms with Gasteiger partial charge in [0.2, 0.25) is 0 Å². The fourth-order valence-electron chi connectivity index (χ4n) is 1.49. The number of alkyl halides is 1. The zero-order valence-corrected chi connectivity index (χ0v) is 12.1. The molecule has 0 saturated heterocycles. The van der Waals surface area contributed by atoms with Crippen LogP contribution in [0.4, 0.5) is 0 Å². The molecule has 0 spiro atoms. The highest BCUT2D eigenvalue weighted by Crippen LogP contribution is 2.28. The van der Waals surface area contributed by atoms with Crippen molar-refractivity contribution in [3.05, 3.63) is 34.3 Å². The smallest absolute Gasteiger partial charge is 0.0472 e. The van der Waals surface area contributed by atoms with Gasteiger partial charge in [0.05, 0.1) is 0 Å². The summed E-state index contributed by atoms with van der Waals surface area (Å²) in [7, 11) is 0. The minimum absolute atomic E-state index is 0.520. The summed E-state index contributed by atoms with van der Waals surface area (Å²) in [6.45, 7) is 3.65. The number of halogens is 2. The van der Waals surface area contributed by atoms with E-state index in [4.69, 9.17) is 4.74 Å². The lowest BCUT2D eigenvalue weighted by atomic mass is 9.98. The van der Waals surface area contributed by atoms with Crippen LogP contribution in [0.2, 0.25) is 0 Å². The Labute approximate surface area is 108 Å². The second-order valence-electron chi connectivity index (χ2n) is 3.36. The van der Waals surface area contributed by atoms with Crippen molar-refractivity contribution < 1.29 is 4.74 Å². The summed E-state index contributed by atoms with van der Waals surface area (Å²) in [5.74, 6) is 0.520. The summed E-state index contributed by atoms with van der Waals surface area (Å²) >= 11 is 7.15. The molecule has 1 atom stereocenters. The molecular weight excluding hydrogens is 320 g/mol. The van der Waals surface area contributed by atoms with Gasteiger partial charge in [-0.25, -0.2) is 0 Å². The Hall–Kier alpha value is 0.140. The highest BCUT2D eigenvalue weighted by Gasteiger charge is 2.12. The number of hydrogen-bond donors (Lipinski definition) is 0. The normalized spacial score (nSPS) is 12.7. The first-order valence-corrected chi connectivity index (χ1v) is 7.09. The standard InChI is InChI=1S/C12H16Br2O/c1-2-15-8-7-10(9-13)11-5-3-4-6-12(11)14/h3-6,10H,2,7-9H2,1H3. The van der Waals surface area contributed by atoms with Gasteiger partial charge in [-0.2, -0.15) is 0 Å². The van der Waals surface area contributed by atoms with E-state index in [2.05, 4.69) is 50.1 Å². The monoisotopic (exact) mass is 334 g/mol. The van der Waals surface area contributed by atoms with E-state index >= 15 is 0 Å². The van der Waals surface area contributed by atoms with Crippen LogP contribution in [0.3, 0.4) is 0 Å². The molecule has 15 heavy (non-hydrogen) atoms. The SMILES string of the molecule is CCOCCC(CBr)c1ccccc1Br. The zero-order chi connectivity index (χ0) is 11.1. The van der Waals surface area contributed by atoms with Crippen LogP contribution in [0.5, 0.6) is 0 Å². The third-order valence-corrected chi connectivity index (χ3v) is 3.85. The zero-order valence-electron chi connectivity index (χ0n) is 8.88. The minimum atomic E-state index is 0.520. The molecule has 1 nitrogen and oxygen atoms in total. The van der Waals surface area contributed by atoms with E-state index in [0.29, 0.717) is 5.92 Å². The molecular formula is C12H16Br2O. The maximum Gasteiger partial charge on any atom is 0.0472 e. The van der Waals surface area contributed by atoms with Gasteiger partial charge in [-0.3, -0.25) is 0 Å². The lowest BCUT2D eigenvalue weighted by molar-refractivity contribution is 0.141. The number of benzene rings is 1. The second-order valence-corrected chi connectivity index (χ2v) is 4.86. The van der Waals surface area contributed by atoms with Crippen molar-refractivity contribution in [3.63, 3.8) is 0 Å². The first-order valence-electron chi connectivity index (χ1n) is 5.17. The minimum Gasteiger partial charge on any atom is -0.382 e. The quantitative estimate of drug-likeness (QED) is 0.554. The molecule has 0 bridgehead atoms. The molecule has 1 aromatic rings. The van der Waals surface area contributed by atoms with Crippen molar-refractivity contribution in [3.8, 4) is 0 Å². The van der Waals surface area contributed by atoms with Gasteiger partial charge in [-0.15, -0.1) is 0 Å². The van der Waals surface area contributed by atoms with Crippen molar-refractivity contribution in [2.24, 2.45) is 0 Å². The summed E-state index contributed by atoms with van der Waals surface area (Å²) < 4.78 is 6.58. The van der Waals surface area contributed by atoms with Crippen molar-refractivity contribution in [1.82, 2.24) is 0 Å². The molecule has 3 heteroatoms. The molecule has 0 heterocycles. The highest BCUT2D eigenvalue weighted by molar-refractivity contribution is 9.10. The molecule has 0 aromatic heterocycles. The van der Waals surface area contributed by atoms with E-state index in [-0.39, 0.29) is 0 Å².